The van der Waals surface area contributed by atoms with Crippen molar-refractivity contribution in [2.45, 2.75) is 0 Å². The maximum Gasteiger partial charge on any atom is 0.278 e. The molecule has 0 amide bonds. The fraction of sp³-hybridized carbons (Fsp3) is 0.182. The molecule has 0 bridgehead atoms. The van der Waals surface area contributed by atoms with Gasteiger partial charge >= 0.3 is 0 Å². The van der Waals surface area contributed by atoms with Crippen LogP contribution in [0.1, 0.15) is 5.56 Å². The topological polar surface area (TPSA) is 76.8 Å². The molecule has 86 valence electrons. The zero-order valence-corrected chi connectivity index (χ0v) is 8.79. The minimum absolute atomic E-state index is 0.0175. The third kappa shape index (κ3) is 1.50. The molecule has 6 heteroatoms. The van der Waals surface area contributed by atoms with E-state index in [0.717, 1.165) is 5.76 Å². The Morgan fingerprint density at radius 3 is 3.12 bits per heavy atom. The van der Waals surface area contributed by atoms with E-state index in [-0.39, 0.29) is 16.5 Å². The Hall–Kier alpha value is -2.21. The van der Waals surface area contributed by atoms with Crippen LogP contribution in [0.25, 0.3) is 0 Å². The first kappa shape index (κ1) is 9.98. The molecule has 0 radical (unpaired) electrons. The van der Waals surface area contributed by atoms with Crippen LogP contribution in [-0.2, 0) is 4.84 Å². The molecule has 17 heavy (non-hydrogen) atoms. The van der Waals surface area contributed by atoms with Crippen LogP contribution >= 0.6 is 0 Å². The fourth-order valence-corrected chi connectivity index (χ4v) is 2.06. The van der Waals surface area contributed by atoms with E-state index in [1.54, 1.807) is 24.4 Å². The molecule has 3 rings (SSSR count). The number of nitro benzene ring substituents is 1. The van der Waals surface area contributed by atoms with Crippen LogP contribution in [0.2, 0.25) is 0 Å². The second-order valence-corrected chi connectivity index (χ2v) is 3.82. The molecule has 1 atom stereocenters. The Bertz CT molecular complexity index is 551. The van der Waals surface area contributed by atoms with E-state index >= 15 is 0 Å². The monoisotopic (exact) mass is 231 g/mol. The molecule has 2 aliphatic rings. The van der Waals surface area contributed by atoms with Crippen molar-refractivity contribution in [3.63, 3.8) is 0 Å². The quantitative estimate of drug-likeness (QED) is 0.616. The van der Waals surface area contributed by atoms with E-state index in [4.69, 9.17) is 4.84 Å². The summed E-state index contributed by atoms with van der Waals surface area (Å²) in [6, 6.07) is 6.62. The number of hydrogen-bond donors (Lipinski definition) is 1. The third-order valence-corrected chi connectivity index (χ3v) is 2.86. The normalized spacial score (nSPS) is 21.5. The van der Waals surface area contributed by atoms with Gasteiger partial charge in [-0.1, -0.05) is 12.1 Å². The summed E-state index contributed by atoms with van der Waals surface area (Å²) >= 11 is 0. The zero-order valence-electron chi connectivity index (χ0n) is 8.79. The molecule has 0 spiro atoms. The fourth-order valence-electron chi connectivity index (χ4n) is 2.06. The second-order valence-electron chi connectivity index (χ2n) is 3.82. The third-order valence-electron chi connectivity index (χ3n) is 2.86. The number of fused-ring (bicyclic) bond motifs is 1. The number of nitro groups is 1. The number of para-hydroxylation sites is 1. The summed E-state index contributed by atoms with van der Waals surface area (Å²) in [6.45, 7) is 0.594. The van der Waals surface area contributed by atoms with Gasteiger partial charge in [-0.05, 0) is 6.07 Å². The highest BCUT2D eigenvalue weighted by molar-refractivity contribution is 6.08. The maximum atomic E-state index is 11.0. The number of aliphatic imine (C=N–C) groups is 1. The smallest absolute Gasteiger partial charge is 0.278 e. The Labute approximate surface area is 96.7 Å². The van der Waals surface area contributed by atoms with Crippen molar-refractivity contribution in [1.29, 1.82) is 0 Å². The predicted molar refractivity (Wildman–Crippen MR) is 60.3 cm³/mol. The van der Waals surface area contributed by atoms with Crippen molar-refractivity contribution in [3.8, 4) is 0 Å². The van der Waals surface area contributed by atoms with E-state index in [1.165, 1.54) is 6.07 Å². The van der Waals surface area contributed by atoms with Gasteiger partial charge in [-0.2, -0.15) is 5.48 Å². The van der Waals surface area contributed by atoms with E-state index < -0.39 is 0 Å². The van der Waals surface area contributed by atoms with E-state index in [2.05, 4.69) is 10.5 Å². The van der Waals surface area contributed by atoms with Crippen LogP contribution in [0.15, 0.2) is 41.2 Å². The number of nitrogens with one attached hydrogen (secondary N) is 1. The van der Waals surface area contributed by atoms with E-state index in [0.29, 0.717) is 17.8 Å². The van der Waals surface area contributed by atoms with Crippen molar-refractivity contribution >= 4 is 11.4 Å². The molecular weight excluding hydrogens is 222 g/mol. The highest BCUT2D eigenvalue weighted by Crippen LogP contribution is 2.31. The average molecular weight is 231 g/mol. The highest BCUT2D eigenvalue weighted by atomic mass is 16.7. The summed E-state index contributed by atoms with van der Waals surface area (Å²) in [7, 11) is 0. The first-order valence-corrected chi connectivity index (χ1v) is 5.18. The lowest BCUT2D eigenvalue weighted by molar-refractivity contribution is -0.385. The number of benzene rings is 1. The van der Waals surface area contributed by atoms with Gasteiger partial charge in [0.25, 0.3) is 5.69 Å². The minimum atomic E-state index is -0.390. The molecule has 2 heterocycles. The van der Waals surface area contributed by atoms with Crippen LogP contribution in [-0.4, -0.2) is 17.2 Å². The second kappa shape index (κ2) is 3.67. The summed E-state index contributed by atoms with van der Waals surface area (Å²) in [5.74, 6) is 0.703. The predicted octanol–water partition coefficient (Wildman–Crippen LogP) is 1.39. The lowest BCUT2D eigenvalue weighted by Gasteiger charge is -2.07. The van der Waals surface area contributed by atoms with E-state index in [1.807, 2.05) is 0 Å². The van der Waals surface area contributed by atoms with Gasteiger partial charge in [-0.15, -0.1) is 0 Å². The minimum Gasteiger partial charge on any atom is -0.411 e. The summed E-state index contributed by atoms with van der Waals surface area (Å²) < 4.78 is 0. The van der Waals surface area contributed by atoms with Crippen molar-refractivity contribution in [1.82, 2.24) is 5.48 Å². The lowest BCUT2D eigenvalue weighted by Crippen LogP contribution is -2.18. The van der Waals surface area contributed by atoms with Gasteiger partial charge in [0.1, 0.15) is 0 Å². The van der Waals surface area contributed by atoms with Gasteiger partial charge < -0.3 is 4.84 Å². The van der Waals surface area contributed by atoms with Crippen molar-refractivity contribution in [2.75, 3.05) is 6.54 Å². The molecule has 0 aliphatic carbocycles. The molecule has 1 unspecified atom stereocenters. The lowest BCUT2D eigenvalue weighted by atomic mass is 9.96. The molecule has 2 aliphatic heterocycles. The Morgan fingerprint density at radius 2 is 2.29 bits per heavy atom. The molecule has 6 nitrogen and oxygen atoms in total. The highest BCUT2D eigenvalue weighted by Gasteiger charge is 2.35. The van der Waals surface area contributed by atoms with Crippen LogP contribution < -0.4 is 5.48 Å². The molecule has 0 saturated carbocycles. The first-order chi connectivity index (χ1) is 8.27. The van der Waals surface area contributed by atoms with Crippen molar-refractivity contribution in [2.24, 2.45) is 10.9 Å². The first-order valence-electron chi connectivity index (χ1n) is 5.18. The summed E-state index contributed by atoms with van der Waals surface area (Å²) in [6.07, 6.45) is 1.61. The Balaban J connectivity index is 2.04. The molecule has 1 saturated heterocycles. The van der Waals surface area contributed by atoms with Crippen LogP contribution in [0.3, 0.4) is 0 Å². The summed E-state index contributed by atoms with van der Waals surface area (Å²) in [5, 5.41) is 11.0. The van der Waals surface area contributed by atoms with Gasteiger partial charge in [0.15, 0.2) is 5.76 Å². The SMILES string of the molecule is O=[N+]([O-])c1ccccc1C1=NC=C2ONCC21. The van der Waals surface area contributed by atoms with Gasteiger partial charge in [-0.3, -0.25) is 15.1 Å². The maximum absolute atomic E-state index is 11.0. The van der Waals surface area contributed by atoms with Gasteiger partial charge in [0.05, 0.1) is 28.3 Å². The number of nitrogens with zero attached hydrogens (tertiary/aromatic N) is 2. The molecular formula is C11H9N3O3. The zero-order chi connectivity index (χ0) is 11.8. The van der Waals surface area contributed by atoms with Crippen LogP contribution in [0.5, 0.6) is 0 Å². The van der Waals surface area contributed by atoms with Gasteiger partial charge in [-0.25, -0.2) is 0 Å². The number of hydrogen-bond acceptors (Lipinski definition) is 5. The van der Waals surface area contributed by atoms with Crippen molar-refractivity contribution in [3.05, 3.63) is 51.9 Å². The number of hydroxylamine groups is 1. The van der Waals surface area contributed by atoms with Gasteiger partial charge in [0, 0.05) is 12.6 Å². The molecule has 0 aromatic heterocycles. The Kier molecular flexibility index (Phi) is 2.15. The molecule has 1 fully saturated rings. The van der Waals surface area contributed by atoms with E-state index in [9.17, 15) is 10.1 Å². The average Bonchev–Trinajstić information content (AvgIpc) is 2.90. The largest absolute Gasteiger partial charge is 0.411 e. The summed E-state index contributed by atoms with van der Waals surface area (Å²) in [4.78, 5) is 19.9. The van der Waals surface area contributed by atoms with Crippen LogP contribution in [0.4, 0.5) is 5.69 Å². The van der Waals surface area contributed by atoms with Crippen LogP contribution in [0, 0.1) is 16.0 Å². The Morgan fingerprint density at radius 1 is 1.47 bits per heavy atom. The molecule has 1 aromatic rings. The molecule has 1 aromatic carbocycles. The van der Waals surface area contributed by atoms with Crippen molar-refractivity contribution < 1.29 is 9.76 Å². The number of rotatable bonds is 2. The standard InChI is InChI=1S/C11H9N3O3/c15-14(16)9-4-2-1-3-7(9)11-8-5-13-17-10(8)6-12-11/h1-4,6,8,13H,5H2. The molecule has 1 N–H and O–H groups in total. The van der Waals surface area contributed by atoms with Gasteiger partial charge in [0.2, 0.25) is 0 Å². The summed E-state index contributed by atoms with van der Waals surface area (Å²) in [5.41, 5.74) is 4.08.